The van der Waals surface area contributed by atoms with Gasteiger partial charge >= 0.3 is 0 Å². The summed E-state index contributed by atoms with van der Waals surface area (Å²) in [6.45, 7) is 1.28. The molecule has 0 unspecified atom stereocenters. The van der Waals surface area contributed by atoms with E-state index in [0.29, 0.717) is 13.2 Å². The van der Waals surface area contributed by atoms with Crippen LogP contribution in [0.4, 0.5) is 0 Å². The van der Waals surface area contributed by atoms with Gasteiger partial charge in [-0.25, -0.2) is 0 Å². The van der Waals surface area contributed by atoms with Crippen LogP contribution < -0.4 is 10.5 Å². The first-order valence-electron chi connectivity index (χ1n) is 5.84. The van der Waals surface area contributed by atoms with Crippen LogP contribution in [0, 0.1) is 0 Å². The fourth-order valence-electron chi connectivity index (χ4n) is 1.72. The summed E-state index contributed by atoms with van der Waals surface area (Å²) in [5, 5.41) is 0. The van der Waals surface area contributed by atoms with Crippen molar-refractivity contribution < 1.29 is 4.74 Å². The summed E-state index contributed by atoms with van der Waals surface area (Å²) >= 11 is 0. The molecule has 0 aromatic heterocycles. The summed E-state index contributed by atoms with van der Waals surface area (Å²) in [6, 6.07) is 18.2. The lowest BCUT2D eigenvalue weighted by Gasteiger charge is -2.06. The average Bonchev–Trinajstić information content (AvgIpc) is 2.40. The number of rotatable bonds is 5. The second-order valence-electron chi connectivity index (χ2n) is 3.94. The van der Waals surface area contributed by atoms with Gasteiger partial charge in [0, 0.05) is 13.0 Å². The van der Waals surface area contributed by atoms with Crippen molar-refractivity contribution in [1.82, 2.24) is 0 Å². The number of nitrogens with two attached hydrogens (primary N) is 1. The number of ether oxygens (including phenoxy) is 1. The van der Waals surface area contributed by atoms with Crippen molar-refractivity contribution >= 4 is 0 Å². The van der Waals surface area contributed by atoms with Crippen molar-refractivity contribution in [3.63, 3.8) is 0 Å². The highest BCUT2D eigenvalue weighted by atomic mass is 16.5. The summed E-state index contributed by atoms with van der Waals surface area (Å²) in [4.78, 5) is 0. The van der Waals surface area contributed by atoms with Gasteiger partial charge in [0.25, 0.3) is 0 Å². The summed E-state index contributed by atoms with van der Waals surface area (Å²) in [6.07, 6.45) is 0.905. The SMILES string of the molecule is NCc1cccc(CCOc2ccccc2)c1. The van der Waals surface area contributed by atoms with Gasteiger partial charge in [-0.05, 0) is 23.3 Å². The zero-order chi connectivity index (χ0) is 11.9. The third-order valence-corrected chi connectivity index (χ3v) is 2.63. The second kappa shape index (κ2) is 6.06. The standard InChI is InChI=1S/C15H17NO/c16-12-14-6-4-5-13(11-14)9-10-17-15-7-2-1-3-8-15/h1-8,11H,9-10,12,16H2. The molecule has 0 saturated carbocycles. The molecule has 0 heterocycles. The van der Waals surface area contributed by atoms with Crippen LogP contribution in [0.25, 0.3) is 0 Å². The smallest absolute Gasteiger partial charge is 0.119 e. The van der Waals surface area contributed by atoms with Gasteiger partial charge in [-0.3, -0.25) is 0 Å². The largest absolute Gasteiger partial charge is 0.493 e. The Morgan fingerprint density at radius 1 is 0.882 bits per heavy atom. The quantitative estimate of drug-likeness (QED) is 0.852. The van der Waals surface area contributed by atoms with E-state index in [9.17, 15) is 0 Å². The fourth-order valence-corrected chi connectivity index (χ4v) is 1.72. The molecule has 2 rings (SSSR count). The molecular weight excluding hydrogens is 210 g/mol. The molecule has 0 atom stereocenters. The molecular formula is C15H17NO. The molecule has 0 amide bonds. The molecule has 2 aromatic rings. The fraction of sp³-hybridized carbons (Fsp3) is 0.200. The van der Waals surface area contributed by atoms with Gasteiger partial charge < -0.3 is 10.5 Å². The first-order valence-corrected chi connectivity index (χ1v) is 5.84. The summed E-state index contributed by atoms with van der Waals surface area (Å²) in [5.41, 5.74) is 8.04. The van der Waals surface area contributed by atoms with Crippen molar-refractivity contribution in [2.45, 2.75) is 13.0 Å². The molecule has 2 aromatic carbocycles. The molecule has 2 nitrogen and oxygen atoms in total. The highest BCUT2D eigenvalue weighted by Crippen LogP contribution is 2.10. The lowest BCUT2D eigenvalue weighted by Crippen LogP contribution is -2.02. The number of benzene rings is 2. The molecule has 2 heteroatoms. The Morgan fingerprint density at radius 2 is 1.65 bits per heavy atom. The van der Waals surface area contributed by atoms with E-state index in [0.717, 1.165) is 12.2 Å². The van der Waals surface area contributed by atoms with E-state index < -0.39 is 0 Å². The zero-order valence-electron chi connectivity index (χ0n) is 9.80. The predicted octanol–water partition coefficient (Wildman–Crippen LogP) is 2.77. The number of hydrogen-bond donors (Lipinski definition) is 1. The van der Waals surface area contributed by atoms with Gasteiger partial charge in [0.2, 0.25) is 0 Å². The highest BCUT2D eigenvalue weighted by Gasteiger charge is 1.96. The molecule has 0 saturated heterocycles. The van der Waals surface area contributed by atoms with E-state index in [1.807, 2.05) is 42.5 Å². The predicted molar refractivity (Wildman–Crippen MR) is 70.0 cm³/mol. The van der Waals surface area contributed by atoms with Crippen molar-refractivity contribution in [2.24, 2.45) is 5.73 Å². The number of para-hydroxylation sites is 1. The van der Waals surface area contributed by atoms with Crippen LogP contribution in [-0.2, 0) is 13.0 Å². The molecule has 0 aliphatic rings. The van der Waals surface area contributed by atoms with Crippen molar-refractivity contribution in [2.75, 3.05) is 6.61 Å². The van der Waals surface area contributed by atoms with Crippen LogP contribution in [0.15, 0.2) is 54.6 Å². The van der Waals surface area contributed by atoms with Gasteiger partial charge in [0.1, 0.15) is 5.75 Å². The average molecular weight is 227 g/mol. The van der Waals surface area contributed by atoms with E-state index in [4.69, 9.17) is 10.5 Å². The topological polar surface area (TPSA) is 35.2 Å². The van der Waals surface area contributed by atoms with E-state index in [1.54, 1.807) is 0 Å². The van der Waals surface area contributed by atoms with Gasteiger partial charge in [-0.2, -0.15) is 0 Å². The minimum absolute atomic E-state index is 0.591. The van der Waals surface area contributed by atoms with Crippen molar-refractivity contribution in [3.8, 4) is 5.75 Å². The van der Waals surface area contributed by atoms with E-state index in [-0.39, 0.29) is 0 Å². The summed E-state index contributed by atoms with van der Waals surface area (Å²) < 4.78 is 5.65. The molecule has 2 N–H and O–H groups in total. The van der Waals surface area contributed by atoms with Gasteiger partial charge in [0.05, 0.1) is 6.61 Å². The highest BCUT2D eigenvalue weighted by molar-refractivity contribution is 5.24. The van der Waals surface area contributed by atoms with E-state index in [1.165, 1.54) is 11.1 Å². The zero-order valence-corrected chi connectivity index (χ0v) is 9.80. The number of hydrogen-bond acceptors (Lipinski definition) is 2. The Hall–Kier alpha value is -1.80. The monoisotopic (exact) mass is 227 g/mol. The molecule has 88 valence electrons. The van der Waals surface area contributed by atoms with Gasteiger partial charge in [-0.15, -0.1) is 0 Å². The molecule has 0 spiro atoms. The van der Waals surface area contributed by atoms with Crippen molar-refractivity contribution in [3.05, 3.63) is 65.7 Å². The third kappa shape index (κ3) is 3.61. The third-order valence-electron chi connectivity index (χ3n) is 2.63. The van der Waals surface area contributed by atoms with Crippen LogP contribution >= 0.6 is 0 Å². The van der Waals surface area contributed by atoms with E-state index >= 15 is 0 Å². The van der Waals surface area contributed by atoms with Crippen LogP contribution in [-0.4, -0.2) is 6.61 Å². The Kier molecular flexibility index (Phi) is 4.17. The Labute approximate surface area is 102 Å². The Bertz CT molecular complexity index is 453. The lowest BCUT2D eigenvalue weighted by atomic mass is 10.1. The lowest BCUT2D eigenvalue weighted by molar-refractivity contribution is 0.322. The Morgan fingerprint density at radius 3 is 2.41 bits per heavy atom. The molecule has 0 bridgehead atoms. The molecule has 0 aliphatic carbocycles. The van der Waals surface area contributed by atoms with E-state index in [2.05, 4.69) is 12.1 Å². The minimum Gasteiger partial charge on any atom is -0.493 e. The maximum atomic E-state index is 5.65. The van der Waals surface area contributed by atoms with Gasteiger partial charge in [-0.1, -0.05) is 42.5 Å². The summed E-state index contributed by atoms with van der Waals surface area (Å²) in [5.74, 6) is 0.919. The van der Waals surface area contributed by atoms with Gasteiger partial charge in [0.15, 0.2) is 0 Å². The normalized spacial score (nSPS) is 10.2. The molecule has 0 fully saturated rings. The van der Waals surface area contributed by atoms with Crippen LogP contribution in [0.5, 0.6) is 5.75 Å². The van der Waals surface area contributed by atoms with Crippen molar-refractivity contribution in [1.29, 1.82) is 0 Å². The maximum Gasteiger partial charge on any atom is 0.119 e. The first kappa shape index (κ1) is 11.7. The molecule has 17 heavy (non-hydrogen) atoms. The first-order chi connectivity index (χ1) is 8.38. The summed E-state index contributed by atoms with van der Waals surface area (Å²) in [7, 11) is 0. The molecule has 0 radical (unpaired) electrons. The van der Waals surface area contributed by atoms with Crippen LogP contribution in [0.2, 0.25) is 0 Å². The molecule has 0 aliphatic heterocycles. The Balaban J connectivity index is 1.86. The van der Waals surface area contributed by atoms with Crippen LogP contribution in [0.3, 0.4) is 0 Å². The van der Waals surface area contributed by atoms with Crippen LogP contribution in [0.1, 0.15) is 11.1 Å². The second-order valence-corrected chi connectivity index (χ2v) is 3.94. The minimum atomic E-state index is 0.591. The maximum absolute atomic E-state index is 5.65.